The molecule has 1 fully saturated rings. The fourth-order valence-corrected chi connectivity index (χ4v) is 2.86. The van der Waals surface area contributed by atoms with Crippen LogP contribution in [0.3, 0.4) is 0 Å². The van der Waals surface area contributed by atoms with E-state index in [1.165, 1.54) is 7.11 Å². The van der Waals surface area contributed by atoms with Gasteiger partial charge in [-0.25, -0.2) is 4.79 Å². The van der Waals surface area contributed by atoms with Gasteiger partial charge in [-0.3, -0.25) is 0 Å². The molecule has 0 saturated carbocycles. The van der Waals surface area contributed by atoms with Gasteiger partial charge in [-0.2, -0.15) is 0 Å². The maximum absolute atomic E-state index is 11.9. The van der Waals surface area contributed by atoms with E-state index >= 15 is 0 Å². The minimum atomic E-state index is -0.187. The van der Waals surface area contributed by atoms with Crippen LogP contribution < -0.4 is 0 Å². The van der Waals surface area contributed by atoms with Crippen LogP contribution in [0.1, 0.15) is 39.5 Å². The summed E-state index contributed by atoms with van der Waals surface area (Å²) in [5.74, 6) is 0. The third-order valence-electron chi connectivity index (χ3n) is 4.07. The van der Waals surface area contributed by atoms with Crippen molar-refractivity contribution in [3.05, 3.63) is 12.8 Å². The van der Waals surface area contributed by atoms with E-state index in [2.05, 4.69) is 32.4 Å². The molecule has 18 heavy (non-hydrogen) atoms. The van der Waals surface area contributed by atoms with Crippen LogP contribution in [0.5, 0.6) is 0 Å². The Bertz CT molecular complexity index is 280. The summed E-state index contributed by atoms with van der Waals surface area (Å²) in [6.07, 6.45) is 5.60. The minimum Gasteiger partial charge on any atom is -0.453 e. The summed E-state index contributed by atoms with van der Waals surface area (Å²) in [6, 6.07) is 1.01. The van der Waals surface area contributed by atoms with Gasteiger partial charge in [0.1, 0.15) is 0 Å². The average Bonchev–Trinajstić information content (AvgIpc) is 2.43. The standard InChI is InChI=1S/C14H26N2O2/c1-6-11-9-13(15(4)8-3)10-12(7-2)16(11)14(17)18-5/h8,11-13H,3,6-7,9-10H2,1-2,4-5H3. The normalized spacial score (nSPS) is 27.8. The first-order valence-electron chi connectivity index (χ1n) is 6.79. The molecule has 1 aliphatic rings. The highest BCUT2D eigenvalue weighted by Gasteiger charge is 2.38. The number of piperidine rings is 1. The van der Waals surface area contributed by atoms with Crippen LogP contribution in [0.2, 0.25) is 0 Å². The molecule has 0 aliphatic carbocycles. The van der Waals surface area contributed by atoms with E-state index in [1.54, 1.807) is 0 Å². The highest BCUT2D eigenvalue weighted by molar-refractivity contribution is 5.68. The Hall–Kier alpha value is -1.19. The van der Waals surface area contributed by atoms with Gasteiger partial charge in [0, 0.05) is 25.2 Å². The number of carbonyl (C=O) groups is 1. The number of likely N-dealkylation sites (tertiary alicyclic amines) is 1. The van der Waals surface area contributed by atoms with E-state index in [9.17, 15) is 4.79 Å². The van der Waals surface area contributed by atoms with E-state index in [0.717, 1.165) is 25.7 Å². The van der Waals surface area contributed by atoms with Gasteiger partial charge >= 0.3 is 6.09 Å². The number of carbonyl (C=O) groups excluding carboxylic acids is 1. The summed E-state index contributed by atoms with van der Waals surface area (Å²) in [4.78, 5) is 16.0. The number of ether oxygens (including phenoxy) is 1. The highest BCUT2D eigenvalue weighted by Crippen LogP contribution is 2.30. The molecule has 2 atom stereocenters. The van der Waals surface area contributed by atoms with Crippen LogP contribution in [0.15, 0.2) is 12.8 Å². The average molecular weight is 254 g/mol. The molecule has 1 amide bonds. The Morgan fingerprint density at radius 1 is 1.39 bits per heavy atom. The summed E-state index contributed by atoms with van der Waals surface area (Å²) >= 11 is 0. The second-order valence-corrected chi connectivity index (χ2v) is 4.97. The summed E-state index contributed by atoms with van der Waals surface area (Å²) in [6.45, 7) is 8.09. The molecule has 2 unspecified atom stereocenters. The first-order valence-corrected chi connectivity index (χ1v) is 6.79. The Morgan fingerprint density at radius 3 is 2.22 bits per heavy atom. The predicted octanol–water partition coefficient (Wildman–Crippen LogP) is 2.85. The molecule has 104 valence electrons. The van der Waals surface area contributed by atoms with Gasteiger partial charge in [0.2, 0.25) is 0 Å². The minimum absolute atomic E-state index is 0.187. The van der Waals surface area contributed by atoms with Gasteiger partial charge in [-0.15, -0.1) is 0 Å². The van der Waals surface area contributed by atoms with Gasteiger partial charge in [0.15, 0.2) is 0 Å². The van der Waals surface area contributed by atoms with Crippen molar-refractivity contribution >= 4 is 6.09 Å². The zero-order valence-electron chi connectivity index (χ0n) is 12.1. The Labute approximate surface area is 111 Å². The molecule has 0 aromatic carbocycles. The zero-order valence-corrected chi connectivity index (χ0v) is 12.1. The molecule has 0 aromatic rings. The molecule has 0 N–H and O–H groups in total. The van der Waals surface area contributed by atoms with E-state index < -0.39 is 0 Å². The maximum Gasteiger partial charge on any atom is 0.409 e. The van der Waals surface area contributed by atoms with Crippen LogP contribution in [0.4, 0.5) is 4.79 Å². The molecule has 1 saturated heterocycles. The lowest BCUT2D eigenvalue weighted by Crippen LogP contribution is -2.55. The molecule has 0 bridgehead atoms. The lowest BCUT2D eigenvalue weighted by Gasteiger charge is -2.46. The molecular weight excluding hydrogens is 228 g/mol. The third kappa shape index (κ3) is 2.98. The predicted molar refractivity (Wildman–Crippen MR) is 73.4 cm³/mol. The smallest absolute Gasteiger partial charge is 0.409 e. The van der Waals surface area contributed by atoms with Crippen LogP contribution >= 0.6 is 0 Å². The molecule has 1 rings (SSSR count). The highest BCUT2D eigenvalue weighted by atomic mass is 16.5. The molecule has 0 spiro atoms. The first-order chi connectivity index (χ1) is 8.58. The summed E-state index contributed by atoms with van der Waals surface area (Å²) in [7, 11) is 3.52. The monoisotopic (exact) mass is 254 g/mol. The van der Waals surface area contributed by atoms with Crippen LogP contribution in [-0.4, -0.2) is 48.2 Å². The van der Waals surface area contributed by atoms with Crippen LogP contribution in [0, 0.1) is 0 Å². The molecule has 4 nitrogen and oxygen atoms in total. The molecule has 1 aliphatic heterocycles. The van der Waals surface area contributed by atoms with Gasteiger partial charge in [-0.1, -0.05) is 20.4 Å². The van der Waals surface area contributed by atoms with Crippen molar-refractivity contribution in [3.63, 3.8) is 0 Å². The van der Waals surface area contributed by atoms with Gasteiger partial charge < -0.3 is 14.5 Å². The zero-order chi connectivity index (χ0) is 13.7. The molecule has 0 aromatic heterocycles. The van der Waals surface area contributed by atoms with Crippen molar-refractivity contribution in [2.24, 2.45) is 0 Å². The van der Waals surface area contributed by atoms with Gasteiger partial charge in [0.05, 0.1) is 7.11 Å². The molecule has 1 heterocycles. The van der Waals surface area contributed by atoms with Crippen molar-refractivity contribution in [2.75, 3.05) is 14.2 Å². The molecular formula is C14H26N2O2. The van der Waals surface area contributed by atoms with Crippen molar-refractivity contribution < 1.29 is 9.53 Å². The second-order valence-electron chi connectivity index (χ2n) is 4.97. The van der Waals surface area contributed by atoms with Crippen molar-refractivity contribution in [3.8, 4) is 0 Å². The Morgan fingerprint density at radius 2 is 1.89 bits per heavy atom. The third-order valence-corrected chi connectivity index (χ3v) is 4.07. The SMILES string of the molecule is C=CN(C)C1CC(CC)N(C(=O)OC)C(CC)C1. The van der Waals surface area contributed by atoms with E-state index in [0.29, 0.717) is 6.04 Å². The fraction of sp³-hybridized carbons (Fsp3) is 0.786. The largest absolute Gasteiger partial charge is 0.453 e. The molecule has 0 radical (unpaired) electrons. The Balaban J connectivity index is 2.87. The molecule has 4 heteroatoms. The van der Waals surface area contributed by atoms with Gasteiger partial charge in [-0.05, 0) is 31.9 Å². The second kappa shape index (κ2) is 6.66. The lowest BCUT2D eigenvalue weighted by molar-refractivity contribution is 0.0313. The van der Waals surface area contributed by atoms with E-state index in [1.807, 2.05) is 11.1 Å². The van der Waals surface area contributed by atoms with Gasteiger partial charge in [0.25, 0.3) is 0 Å². The number of hydrogen-bond acceptors (Lipinski definition) is 3. The Kier molecular flexibility index (Phi) is 5.51. The van der Waals surface area contributed by atoms with Crippen molar-refractivity contribution in [1.82, 2.24) is 9.80 Å². The first kappa shape index (κ1) is 14.9. The lowest BCUT2D eigenvalue weighted by atomic mass is 9.88. The number of amides is 1. The fourth-order valence-electron chi connectivity index (χ4n) is 2.86. The number of hydrogen-bond donors (Lipinski definition) is 0. The van der Waals surface area contributed by atoms with Crippen LogP contribution in [0.25, 0.3) is 0 Å². The maximum atomic E-state index is 11.9. The van der Waals surface area contributed by atoms with E-state index in [4.69, 9.17) is 4.74 Å². The number of methoxy groups -OCH3 is 1. The summed E-state index contributed by atoms with van der Waals surface area (Å²) < 4.78 is 4.93. The summed E-state index contributed by atoms with van der Waals surface area (Å²) in [5.41, 5.74) is 0. The summed E-state index contributed by atoms with van der Waals surface area (Å²) in [5, 5.41) is 0. The van der Waals surface area contributed by atoms with Crippen molar-refractivity contribution in [2.45, 2.75) is 57.7 Å². The topological polar surface area (TPSA) is 32.8 Å². The van der Waals surface area contributed by atoms with E-state index in [-0.39, 0.29) is 18.2 Å². The number of nitrogens with zero attached hydrogens (tertiary/aromatic N) is 2. The number of rotatable bonds is 4. The van der Waals surface area contributed by atoms with Crippen molar-refractivity contribution in [1.29, 1.82) is 0 Å². The quantitative estimate of drug-likeness (QED) is 0.773. The van der Waals surface area contributed by atoms with Crippen LogP contribution in [-0.2, 0) is 4.74 Å².